The van der Waals surface area contributed by atoms with Crippen LogP contribution in [0.15, 0.2) is 59.8 Å². The normalized spacial score (nSPS) is 20.8. The minimum absolute atomic E-state index is 0.0581. The molecular formula is C22H21N3O. The van der Waals surface area contributed by atoms with Crippen molar-refractivity contribution in [2.45, 2.75) is 32.7 Å². The Morgan fingerprint density at radius 3 is 2.42 bits per heavy atom. The number of rotatable bonds is 1. The van der Waals surface area contributed by atoms with Gasteiger partial charge >= 0.3 is 0 Å². The van der Waals surface area contributed by atoms with Gasteiger partial charge in [-0.2, -0.15) is 5.26 Å². The highest BCUT2D eigenvalue weighted by Crippen LogP contribution is 2.45. The van der Waals surface area contributed by atoms with E-state index in [4.69, 9.17) is 5.26 Å². The largest absolute Gasteiger partial charge is 0.372 e. The molecule has 0 amide bonds. The Balaban J connectivity index is 1.87. The lowest BCUT2D eigenvalue weighted by atomic mass is 9.73. The first-order chi connectivity index (χ1) is 12.5. The number of carbonyl (C=O) groups excluding carboxylic acids is 1. The average molecular weight is 343 g/mol. The van der Waals surface area contributed by atoms with Crippen molar-refractivity contribution in [3.63, 3.8) is 0 Å². The minimum Gasteiger partial charge on any atom is -0.372 e. The Morgan fingerprint density at radius 2 is 1.73 bits per heavy atom. The van der Waals surface area contributed by atoms with Gasteiger partial charge in [0.15, 0.2) is 5.78 Å². The van der Waals surface area contributed by atoms with Crippen LogP contribution in [-0.2, 0) is 4.79 Å². The number of hydrogen-bond donors (Lipinski definition) is 2. The highest BCUT2D eigenvalue weighted by Gasteiger charge is 2.38. The summed E-state index contributed by atoms with van der Waals surface area (Å²) in [5, 5.41) is 16.1. The quantitative estimate of drug-likeness (QED) is 0.782. The molecule has 0 saturated heterocycles. The average Bonchev–Trinajstić information content (AvgIpc) is 2.77. The number of fused-ring (bicyclic) bond motifs is 1. The zero-order valence-corrected chi connectivity index (χ0v) is 15.0. The molecule has 2 N–H and O–H groups in total. The molecule has 1 heterocycles. The zero-order valence-electron chi connectivity index (χ0n) is 15.0. The standard InChI is InChI=1S/C22H21N3O/c1-22(2)11-18-20(19(26)12-22)21(15-9-7-14(13-23)8-10-15)25-17-6-4-3-5-16(17)24-18/h3-10,21,24-25H,11-12H2,1-2H3/t21-/m0/s1. The summed E-state index contributed by atoms with van der Waals surface area (Å²) in [4.78, 5) is 13.1. The van der Waals surface area contributed by atoms with Gasteiger partial charge in [0.1, 0.15) is 0 Å². The predicted molar refractivity (Wildman–Crippen MR) is 103 cm³/mol. The van der Waals surface area contributed by atoms with E-state index in [-0.39, 0.29) is 17.2 Å². The molecule has 2 aromatic carbocycles. The first-order valence-electron chi connectivity index (χ1n) is 8.86. The summed E-state index contributed by atoms with van der Waals surface area (Å²) in [5.74, 6) is 0.179. The molecular weight excluding hydrogens is 322 g/mol. The van der Waals surface area contributed by atoms with E-state index in [9.17, 15) is 4.79 Å². The molecule has 4 nitrogen and oxygen atoms in total. The fraction of sp³-hybridized carbons (Fsp3) is 0.273. The van der Waals surface area contributed by atoms with E-state index in [0.717, 1.165) is 34.6 Å². The van der Waals surface area contributed by atoms with Crippen molar-refractivity contribution in [1.82, 2.24) is 0 Å². The van der Waals surface area contributed by atoms with Crippen LogP contribution >= 0.6 is 0 Å². The third-order valence-corrected chi connectivity index (χ3v) is 5.09. The molecule has 0 aromatic heterocycles. The zero-order chi connectivity index (χ0) is 18.3. The number of para-hydroxylation sites is 2. The molecule has 4 heteroatoms. The molecule has 2 aromatic rings. The van der Waals surface area contributed by atoms with Crippen LogP contribution in [-0.4, -0.2) is 5.78 Å². The monoisotopic (exact) mass is 343 g/mol. The van der Waals surface area contributed by atoms with Crippen molar-refractivity contribution in [2.75, 3.05) is 10.6 Å². The van der Waals surface area contributed by atoms with Crippen LogP contribution in [0.25, 0.3) is 0 Å². The SMILES string of the molecule is CC1(C)CC(=O)C2=C(C1)Nc1ccccc1N[C@H]2c1ccc(C#N)cc1. The third-order valence-electron chi connectivity index (χ3n) is 5.09. The summed E-state index contributed by atoms with van der Waals surface area (Å²) in [6.45, 7) is 4.27. The second kappa shape index (κ2) is 6.03. The fourth-order valence-corrected chi connectivity index (χ4v) is 3.89. The van der Waals surface area contributed by atoms with Crippen LogP contribution in [0, 0.1) is 16.7 Å². The number of ketones is 1. The molecule has 1 aliphatic heterocycles. The molecule has 0 fully saturated rings. The van der Waals surface area contributed by atoms with Gasteiger partial charge in [0, 0.05) is 17.7 Å². The second-order valence-corrected chi connectivity index (χ2v) is 7.81. The Hall–Kier alpha value is -3.06. The number of nitrogens with one attached hydrogen (secondary N) is 2. The summed E-state index contributed by atoms with van der Waals surface area (Å²) >= 11 is 0. The number of benzene rings is 2. The highest BCUT2D eigenvalue weighted by molar-refractivity contribution is 6.01. The van der Waals surface area contributed by atoms with Crippen LogP contribution in [0.4, 0.5) is 11.4 Å². The number of nitrogens with zero attached hydrogens (tertiary/aromatic N) is 1. The first-order valence-corrected chi connectivity index (χ1v) is 8.86. The van der Waals surface area contributed by atoms with Gasteiger partial charge in [-0.3, -0.25) is 4.79 Å². The number of Topliss-reactive ketones (excluding diaryl/α,β-unsaturated/α-hetero) is 1. The molecule has 1 aliphatic carbocycles. The van der Waals surface area contributed by atoms with Gasteiger partial charge in [-0.1, -0.05) is 38.1 Å². The van der Waals surface area contributed by atoms with Gasteiger partial charge < -0.3 is 10.6 Å². The molecule has 1 atom stereocenters. The van der Waals surface area contributed by atoms with E-state index in [1.165, 1.54) is 0 Å². The lowest BCUT2D eigenvalue weighted by molar-refractivity contribution is -0.118. The Bertz CT molecular complexity index is 948. The molecule has 2 aliphatic rings. The van der Waals surface area contributed by atoms with Crippen molar-refractivity contribution in [3.05, 3.63) is 70.9 Å². The number of anilines is 2. The van der Waals surface area contributed by atoms with Gasteiger partial charge in [0.25, 0.3) is 0 Å². The van der Waals surface area contributed by atoms with Crippen LogP contribution in [0.2, 0.25) is 0 Å². The molecule has 0 saturated carbocycles. The van der Waals surface area contributed by atoms with E-state index in [0.29, 0.717) is 12.0 Å². The molecule has 0 spiro atoms. The van der Waals surface area contributed by atoms with Gasteiger partial charge in [-0.25, -0.2) is 0 Å². The minimum atomic E-state index is -0.225. The molecule has 26 heavy (non-hydrogen) atoms. The van der Waals surface area contributed by atoms with Gasteiger partial charge in [0.2, 0.25) is 0 Å². The fourth-order valence-electron chi connectivity index (χ4n) is 3.89. The summed E-state index contributed by atoms with van der Waals surface area (Å²) < 4.78 is 0. The number of nitriles is 1. The second-order valence-electron chi connectivity index (χ2n) is 7.81. The van der Waals surface area contributed by atoms with Gasteiger partial charge in [-0.15, -0.1) is 0 Å². The van der Waals surface area contributed by atoms with Crippen molar-refractivity contribution in [3.8, 4) is 6.07 Å². The van der Waals surface area contributed by atoms with E-state index in [1.807, 2.05) is 36.4 Å². The van der Waals surface area contributed by atoms with Gasteiger partial charge in [0.05, 0.1) is 29.0 Å². The Kier molecular flexibility index (Phi) is 3.81. The maximum atomic E-state index is 13.1. The van der Waals surface area contributed by atoms with Crippen molar-refractivity contribution in [1.29, 1.82) is 5.26 Å². The maximum Gasteiger partial charge on any atom is 0.163 e. The summed E-state index contributed by atoms with van der Waals surface area (Å²) in [6, 6.07) is 17.4. The molecule has 0 bridgehead atoms. The molecule has 4 rings (SSSR count). The predicted octanol–water partition coefficient (Wildman–Crippen LogP) is 4.78. The van der Waals surface area contributed by atoms with Crippen molar-refractivity contribution >= 4 is 17.2 Å². The Labute approximate surface area is 153 Å². The number of hydrogen-bond acceptors (Lipinski definition) is 4. The number of allylic oxidation sites excluding steroid dienone is 1. The van der Waals surface area contributed by atoms with E-state index >= 15 is 0 Å². The summed E-state index contributed by atoms with van der Waals surface area (Å²) in [5.41, 5.74) is 5.32. The van der Waals surface area contributed by atoms with Crippen LogP contribution < -0.4 is 10.6 Å². The van der Waals surface area contributed by atoms with Crippen LogP contribution in [0.1, 0.15) is 43.9 Å². The van der Waals surface area contributed by atoms with Crippen LogP contribution in [0.3, 0.4) is 0 Å². The number of carbonyl (C=O) groups is 1. The third kappa shape index (κ3) is 2.86. The molecule has 0 radical (unpaired) electrons. The van der Waals surface area contributed by atoms with E-state index < -0.39 is 0 Å². The van der Waals surface area contributed by atoms with Gasteiger partial charge in [-0.05, 0) is 41.7 Å². The van der Waals surface area contributed by atoms with Crippen molar-refractivity contribution in [2.24, 2.45) is 5.41 Å². The molecule has 130 valence electrons. The lowest BCUT2D eigenvalue weighted by Crippen LogP contribution is -2.31. The van der Waals surface area contributed by atoms with E-state index in [2.05, 4.69) is 30.6 Å². The topological polar surface area (TPSA) is 64.9 Å². The smallest absolute Gasteiger partial charge is 0.163 e. The highest BCUT2D eigenvalue weighted by atomic mass is 16.1. The maximum absolute atomic E-state index is 13.1. The van der Waals surface area contributed by atoms with E-state index in [1.54, 1.807) is 12.1 Å². The van der Waals surface area contributed by atoms with Crippen LogP contribution in [0.5, 0.6) is 0 Å². The molecule has 0 unspecified atom stereocenters. The summed E-state index contributed by atoms with van der Waals surface area (Å²) in [6.07, 6.45) is 1.37. The van der Waals surface area contributed by atoms with Crippen molar-refractivity contribution < 1.29 is 4.79 Å². The summed E-state index contributed by atoms with van der Waals surface area (Å²) in [7, 11) is 0. The lowest BCUT2D eigenvalue weighted by Gasteiger charge is -2.34. The first kappa shape index (κ1) is 16.4. The Morgan fingerprint density at radius 1 is 1.04 bits per heavy atom.